The van der Waals surface area contributed by atoms with Gasteiger partial charge in [-0.05, 0) is 30.9 Å². The van der Waals surface area contributed by atoms with E-state index >= 15 is 0 Å². The number of piperidine rings is 1. The van der Waals surface area contributed by atoms with Crippen LogP contribution in [0.5, 0.6) is 5.75 Å². The number of hydrogen-bond donors (Lipinski definition) is 0. The van der Waals surface area contributed by atoms with E-state index in [0.29, 0.717) is 41.7 Å². The van der Waals surface area contributed by atoms with E-state index in [1.807, 2.05) is 41.8 Å². The van der Waals surface area contributed by atoms with Gasteiger partial charge in [0.05, 0.1) is 12.1 Å². The monoisotopic (exact) mass is 451 g/mol. The molecule has 1 atom stereocenters. The maximum Gasteiger partial charge on any atom is 0.255 e. The maximum atomic E-state index is 13.1. The number of aromatic nitrogens is 2. The van der Waals surface area contributed by atoms with Crippen molar-refractivity contribution in [3.05, 3.63) is 41.6 Å². The SMILES string of the molecule is CCC1CCCN(C(=O)c2cnc3c(c2)OCCN3c2ccn(C(=O)C(C)C)/c(=N\C)c2)C1. The lowest BCUT2D eigenvalue weighted by molar-refractivity contribution is 0.0670. The molecule has 1 unspecified atom stereocenters. The normalized spacial score (nSPS) is 18.8. The van der Waals surface area contributed by atoms with Gasteiger partial charge in [-0.2, -0.15) is 0 Å². The van der Waals surface area contributed by atoms with Crippen molar-refractivity contribution in [2.75, 3.05) is 38.2 Å². The average Bonchev–Trinajstić information content (AvgIpc) is 2.86. The summed E-state index contributed by atoms with van der Waals surface area (Å²) in [6.45, 7) is 8.62. The Kier molecular flexibility index (Phi) is 6.81. The minimum atomic E-state index is -0.129. The average molecular weight is 452 g/mol. The van der Waals surface area contributed by atoms with Crippen molar-refractivity contribution in [1.29, 1.82) is 0 Å². The highest BCUT2D eigenvalue weighted by Gasteiger charge is 2.27. The number of nitrogens with zero attached hydrogens (tertiary/aromatic N) is 5. The quantitative estimate of drug-likeness (QED) is 0.711. The van der Waals surface area contributed by atoms with Crippen LogP contribution < -0.4 is 15.1 Å². The summed E-state index contributed by atoms with van der Waals surface area (Å²) in [5, 5.41) is 0. The molecule has 0 saturated carbocycles. The largest absolute Gasteiger partial charge is 0.488 e. The number of ether oxygens (including phenoxy) is 1. The predicted octanol–water partition coefficient (Wildman–Crippen LogP) is 3.50. The van der Waals surface area contributed by atoms with Gasteiger partial charge in [0, 0.05) is 50.2 Å². The fourth-order valence-electron chi connectivity index (χ4n) is 4.51. The molecule has 2 aliphatic heterocycles. The zero-order valence-corrected chi connectivity index (χ0v) is 20.0. The fraction of sp³-hybridized carbons (Fsp3) is 0.520. The first-order chi connectivity index (χ1) is 15.9. The highest BCUT2D eigenvalue weighted by molar-refractivity contribution is 5.95. The summed E-state index contributed by atoms with van der Waals surface area (Å²) >= 11 is 0. The van der Waals surface area contributed by atoms with Gasteiger partial charge < -0.3 is 14.5 Å². The fourth-order valence-corrected chi connectivity index (χ4v) is 4.51. The van der Waals surface area contributed by atoms with Gasteiger partial charge in [0.1, 0.15) is 12.1 Å². The summed E-state index contributed by atoms with van der Waals surface area (Å²) in [6.07, 6.45) is 6.73. The zero-order chi connectivity index (χ0) is 23.5. The second-order valence-electron chi connectivity index (χ2n) is 9.04. The van der Waals surface area contributed by atoms with E-state index in [9.17, 15) is 9.59 Å². The van der Waals surface area contributed by atoms with Crippen molar-refractivity contribution in [1.82, 2.24) is 14.5 Å². The number of hydrogen-bond acceptors (Lipinski definition) is 6. The van der Waals surface area contributed by atoms with Crippen molar-refractivity contribution in [2.45, 2.75) is 40.0 Å². The Hall–Kier alpha value is -3.16. The van der Waals surface area contributed by atoms with Crippen LogP contribution in [0.3, 0.4) is 0 Å². The van der Waals surface area contributed by atoms with E-state index < -0.39 is 0 Å². The van der Waals surface area contributed by atoms with Crippen molar-refractivity contribution < 1.29 is 14.3 Å². The van der Waals surface area contributed by atoms with E-state index in [4.69, 9.17) is 4.74 Å². The minimum Gasteiger partial charge on any atom is -0.488 e. The summed E-state index contributed by atoms with van der Waals surface area (Å²) in [7, 11) is 1.68. The molecule has 4 rings (SSSR count). The summed E-state index contributed by atoms with van der Waals surface area (Å²) in [6, 6.07) is 5.58. The molecule has 2 aromatic rings. The van der Waals surface area contributed by atoms with Crippen LogP contribution in [0.15, 0.2) is 35.6 Å². The predicted molar refractivity (Wildman–Crippen MR) is 127 cm³/mol. The second kappa shape index (κ2) is 9.77. The van der Waals surface area contributed by atoms with E-state index in [1.165, 1.54) is 6.42 Å². The maximum absolute atomic E-state index is 13.1. The smallest absolute Gasteiger partial charge is 0.255 e. The lowest BCUT2D eigenvalue weighted by Crippen LogP contribution is -2.40. The third kappa shape index (κ3) is 4.65. The molecule has 1 amide bonds. The Morgan fingerprint density at radius 3 is 2.82 bits per heavy atom. The molecule has 0 aliphatic carbocycles. The highest BCUT2D eigenvalue weighted by atomic mass is 16.5. The van der Waals surface area contributed by atoms with E-state index in [1.54, 1.807) is 24.0 Å². The molecule has 0 radical (unpaired) electrons. The zero-order valence-electron chi connectivity index (χ0n) is 20.0. The first-order valence-corrected chi connectivity index (χ1v) is 11.8. The molecule has 1 fully saturated rings. The molecular formula is C25H33N5O3. The molecule has 0 N–H and O–H groups in total. The molecule has 176 valence electrons. The molecule has 2 aromatic heterocycles. The number of anilines is 2. The van der Waals surface area contributed by atoms with Crippen LogP contribution >= 0.6 is 0 Å². The van der Waals surface area contributed by atoms with Crippen LogP contribution in [0.2, 0.25) is 0 Å². The molecule has 1 saturated heterocycles. The van der Waals surface area contributed by atoms with Gasteiger partial charge >= 0.3 is 0 Å². The van der Waals surface area contributed by atoms with Crippen LogP contribution in [-0.2, 0) is 0 Å². The molecule has 0 bridgehead atoms. The van der Waals surface area contributed by atoms with Gasteiger partial charge in [-0.3, -0.25) is 19.1 Å². The Labute approximate surface area is 194 Å². The van der Waals surface area contributed by atoms with E-state index in [-0.39, 0.29) is 17.7 Å². The lowest BCUT2D eigenvalue weighted by atomic mass is 9.95. The standard InChI is InChI=1S/C25H33N5O3/c1-5-18-7-6-9-28(16-18)25(32)19-13-21-23(27-15-19)29(11-12-33-21)20-8-10-30(22(14-20)26-4)24(31)17(2)3/h8,10,13-15,17-18H,5-7,9,11-12,16H2,1-4H3/b26-22-. The number of fused-ring (bicyclic) bond motifs is 1. The van der Waals surface area contributed by atoms with Crippen molar-refractivity contribution >= 4 is 23.3 Å². The Morgan fingerprint density at radius 1 is 1.27 bits per heavy atom. The second-order valence-corrected chi connectivity index (χ2v) is 9.04. The van der Waals surface area contributed by atoms with Crippen LogP contribution in [-0.4, -0.2) is 59.6 Å². The van der Waals surface area contributed by atoms with Gasteiger partial charge in [0.15, 0.2) is 11.6 Å². The van der Waals surface area contributed by atoms with Crippen LogP contribution in [0.1, 0.15) is 55.2 Å². The number of likely N-dealkylation sites (tertiary alicyclic amines) is 1. The third-order valence-electron chi connectivity index (χ3n) is 6.48. The first-order valence-electron chi connectivity index (χ1n) is 11.8. The van der Waals surface area contributed by atoms with Crippen LogP contribution in [0.4, 0.5) is 11.5 Å². The lowest BCUT2D eigenvalue weighted by Gasteiger charge is -2.33. The van der Waals surface area contributed by atoms with Crippen molar-refractivity contribution in [3.63, 3.8) is 0 Å². The molecule has 0 aromatic carbocycles. The molecule has 4 heterocycles. The number of carbonyl (C=O) groups excluding carboxylic acids is 2. The number of carbonyl (C=O) groups is 2. The van der Waals surface area contributed by atoms with E-state index in [0.717, 1.165) is 31.6 Å². The summed E-state index contributed by atoms with van der Waals surface area (Å²) in [4.78, 5) is 38.5. The molecule has 0 spiro atoms. The third-order valence-corrected chi connectivity index (χ3v) is 6.48. The minimum absolute atomic E-state index is 0.00571. The number of pyridine rings is 2. The molecule has 2 aliphatic rings. The molecule has 8 heteroatoms. The van der Waals surface area contributed by atoms with Gasteiger partial charge in [0.2, 0.25) is 5.91 Å². The van der Waals surface area contributed by atoms with Crippen molar-refractivity contribution in [2.24, 2.45) is 16.8 Å². The molecule has 33 heavy (non-hydrogen) atoms. The summed E-state index contributed by atoms with van der Waals surface area (Å²) < 4.78 is 7.46. The van der Waals surface area contributed by atoms with Crippen LogP contribution in [0, 0.1) is 11.8 Å². The number of rotatable bonds is 4. The topological polar surface area (TPSA) is 80.0 Å². The Morgan fingerprint density at radius 2 is 2.09 bits per heavy atom. The van der Waals surface area contributed by atoms with Crippen molar-refractivity contribution in [3.8, 4) is 5.75 Å². The highest BCUT2D eigenvalue weighted by Crippen LogP contribution is 2.35. The Balaban J connectivity index is 1.61. The van der Waals surface area contributed by atoms with E-state index in [2.05, 4.69) is 16.9 Å². The Bertz CT molecular complexity index is 1110. The van der Waals surface area contributed by atoms with Crippen LogP contribution in [0.25, 0.3) is 0 Å². The molecular weight excluding hydrogens is 418 g/mol. The first kappa shape index (κ1) is 23.0. The van der Waals surface area contributed by atoms with Gasteiger partial charge in [0.25, 0.3) is 5.91 Å². The van der Waals surface area contributed by atoms with Gasteiger partial charge in [-0.1, -0.05) is 27.2 Å². The number of amides is 1. The molecule has 8 nitrogen and oxygen atoms in total. The van der Waals surface area contributed by atoms with Gasteiger partial charge in [-0.25, -0.2) is 4.98 Å². The summed E-state index contributed by atoms with van der Waals surface area (Å²) in [5.74, 6) is 1.72. The van der Waals surface area contributed by atoms with Gasteiger partial charge in [-0.15, -0.1) is 0 Å². The summed E-state index contributed by atoms with van der Waals surface area (Å²) in [5.41, 5.74) is 2.02.